The smallest absolute Gasteiger partial charge is 0.0731 e. The number of pyridine rings is 4. The number of aromatic nitrogens is 4. The summed E-state index contributed by atoms with van der Waals surface area (Å²) in [5.41, 5.74) is 20.0. The average Bonchev–Trinajstić information content (AvgIpc) is 3.74. The fourth-order valence-electron chi connectivity index (χ4n) is 8.89. The van der Waals surface area contributed by atoms with Crippen LogP contribution in [0, 0.1) is 0 Å². The van der Waals surface area contributed by atoms with Crippen molar-refractivity contribution in [2.24, 2.45) is 0 Å². The second kappa shape index (κ2) is 12.4. The quantitative estimate of drug-likeness (QED) is 0.179. The number of hydrogen-bond donors (Lipinski definition) is 0. The largest absolute Gasteiger partial charge is 0.264 e. The third-order valence-electron chi connectivity index (χ3n) is 11.3. The number of nitrogens with zero attached hydrogens (tertiary/aromatic N) is 4. The van der Waals surface area contributed by atoms with E-state index in [4.69, 9.17) is 9.97 Å². The third-order valence-corrected chi connectivity index (χ3v) is 11.3. The van der Waals surface area contributed by atoms with Crippen molar-refractivity contribution in [1.82, 2.24) is 19.9 Å². The van der Waals surface area contributed by atoms with Gasteiger partial charge in [-0.1, -0.05) is 109 Å². The van der Waals surface area contributed by atoms with Crippen LogP contribution in [0.3, 0.4) is 0 Å². The van der Waals surface area contributed by atoms with Gasteiger partial charge in [0.15, 0.2) is 0 Å². The minimum Gasteiger partial charge on any atom is -0.264 e. The molecule has 0 amide bonds. The van der Waals surface area contributed by atoms with Crippen molar-refractivity contribution in [3.05, 3.63) is 217 Å². The van der Waals surface area contributed by atoms with E-state index in [2.05, 4.69) is 156 Å². The second-order valence-electron chi connectivity index (χ2n) is 14.2. The molecule has 0 aliphatic heterocycles. The monoisotopic (exact) mass is 700 g/mol. The average molecular weight is 701 g/mol. The summed E-state index contributed by atoms with van der Waals surface area (Å²) >= 11 is 0. The van der Waals surface area contributed by atoms with Crippen molar-refractivity contribution in [2.45, 2.75) is 5.41 Å². The Hall–Kier alpha value is -7.30. The van der Waals surface area contributed by atoms with Crippen molar-refractivity contribution in [2.75, 3.05) is 0 Å². The highest BCUT2D eigenvalue weighted by Crippen LogP contribution is 2.63. The lowest BCUT2D eigenvalue weighted by Gasteiger charge is -2.30. The predicted octanol–water partition coefficient (Wildman–Crippen LogP) is 11.9. The molecule has 0 saturated carbocycles. The van der Waals surface area contributed by atoms with Gasteiger partial charge in [0.1, 0.15) is 0 Å². The summed E-state index contributed by atoms with van der Waals surface area (Å²) in [4.78, 5) is 19.0. The van der Waals surface area contributed by atoms with Gasteiger partial charge in [0.2, 0.25) is 0 Å². The van der Waals surface area contributed by atoms with Crippen LogP contribution in [-0.4, -0.2) is 19.9 Å². The van der Waals surface area contributed by atoms with Crippen LogP contribution in [0.25, 0.3) is 78.4 Å². The Morgan fingerprint density at radius 2 is 0.764 bits per heavy atom. The first-order chi connectivity index (χ1) is 27.3. The minimum atomic E-state index is -0.378. The maximum absolute atomic E-state index is 5.25. The molecule has 0 unspecified atom stereocenters. The van der Waals surface area contributed by atoms with E-state index in [9.17, 15) is 0 Å². The second-order valence-corrected chi connectivity index (χ2v) is 14.2. The van der Waals surface area contributed by atoms with E-state index in [-0.39, 0.29) is 5.41 Å². The van der Waals surface area contributed by atoms with Crippen LogP contribution in [0.5, 0.6) is 0 Å². The molecule has 4 heteroatoms. The zero-order valence-corrected chi connectivity index (χ0v) is 29.8. The molecule has 0 bridgehead atoms. The van der Waals surface area contributed by atoms with Crippen molar-refractivity contribution in [3.8, 4) is 78.4 Å². The van der Waals surface area contributed by atoms with Crippen LogP contribution in [0.15, 0.2) is 195 Å². The summed E-state index contributed by atoms with van der Waals surface area (Å²) in [5, 5.41) is 0. The van der Waals surface area contributed by atoms with E-state index in [0.29, 0.717) is 0 Å². The Morgan fingerprint density at radius 3 is 1.35 bits per heavy atom. The van der Waals surface area contributed by atoms with E-state index < -0.39 is 0 Å². The van der Waals surface area contributed by atoms with Crippen molar-refractivity contribution >= 4 is 0 Å². The topological polar surface area (TPSA) is 51.6 Å². The number of rotatable bonds is 5. The van der Waals surface area contributed by atoms with Gasteiger partial charge in [-0.3, -0.25) is 9.97 Å². The molecule has 4 nitrogen and oxygen atoms in total. The molecule has 0 fully saturated rings. The molecule has 2 aliphatic rings. The molecule has 0 saturated heterocycles. The number of fused-ring (bicyclic) bond motifs is 10. The molecular weight excluding hydrogens is 669 g/mol. The van der Waals surface area contributed by atoms with Crippen LogP contribution in [0.1, 0.15) is 22.3 Å². The first kappa shape index (κ1) is 31.2. The Labute approximate surface area is 319 Å². The Bertz CT molecular complexity index is 2810. The van der Waals surface area contributed by atoms with Gasteiger partial charge in [-0.2, -0.15) is 0 Å². The van der Waals surface area contributed by atoms with E-state index in [0.717, 1.165) is 50.6 Å². The van der Waals surface area contributed by atoms with Crippen molar-refractivity contribution in [3.63, 3.8) is 0 Å². The molecule has 4 aromatic heterocycles. The maximum Gasteiger partial charge on any atom is 0.0731 e. The molecule has 256 valence electrons. The van der Waals surface area contributed by atoms with E-state index in [1.54, 1.807) is 12.4 Å². The van der Waals surface area contributed by atoms with Crippen molar-refractivity contribution in [1.29, 1.82) is 0 Å². The van der Waals surface area contributed by atoms with Gasteiger partial charge in [-0.15, -0.1) is 0 Å². The number of benzene rings is 5. The fourth-order valence-corrected chi connectivity index (χ4v) is 8.89. The van der Waals surface area contributed by atoms with Gasteiger partial charge in [-0.25, -0.2) is 9.97 Å². The summed E-state index contributed by atoms with van der Waals surface area (Å²) in [7, 11) is 0. The molecular formula is C51H32N4. The summed E-state index contributed by atoms with van der Waals surface area (Å²) < 4.78 is 0. The highest BCUT2D eigenvalue weighted by atomic mass is 14.8. The molecule has 55 heavy (non-hydrogen) atoms. The van der Waals surface area contributed by atoms with E-state index in [1.807, 2.05) is 36.7 Å². The Kier molecular flexibility index (Phi) is 7.04. The highest BCUT2D eigenvalue weighted by Gasteiger charge is 2.51. The first-order valence-corrected chi connectivity index (χ1v) is 18.6. The summed E-state index contributed by atoms with van der Waals surface area (Å²) in [6, 6.07) is 61.1. The zero-order valence-electron chi connectivity index (χ0n) is 29.8. The van der Waals surface area contributed by atoms with E-state index >= 15 is 0 Å². The molecule has 5 aromatic carbocycles. The standard InChI is InChI=1S/C51H32N4/c1-4-18-43-39(15-1)40-16-2-5-19-44(40)51(43)45-20-6-3-17-41(45)42-24-23-34(28-46(42)51)33-11-7-12-35(27-33)47-21-8-22-48(54-47)38-29-49(36-13-9-25-52-31-36)55-50(30-38)37-14-10-26-53-32-37/h1-32H. The lowest BCUT2D eigenvalue weighted by molar-refractivity contribution is 0.794. The first-order valence-electron chi connectivity index (χ1n) is 18.6. The minimum absolute atomic E-state index is 0.378. The highest BCUT2D eigenvalue weighted by molar-refractivity contribution is 5.96. The van der Waals surface area contributed by atoms with Gasteiger partial charge >= 0.3 is 0 Å². The normalized spacial score (nSPS) is 12.9. The van der Waals surface area contributed by atoms with Crippen LogP contribution in [-0.2, 0) is 5.41 Å². The fraction of sp³-hybridized carbons (Fsp3) is 0.0196. The summed E-state index contributed by atoms with van der Waals surface area (Å²) in [6.45, 7) is 0. The molecule has 4 heterocycles. The summed E-state index contributed by atoms with van der Waals surface area (Å²) in [5.74, 6) is 0. The molecule has 0 radical (unpaired) electrons. The van der Waals surface area contributed by atoms with Crippen LogP contribution < -0.4 is 0 Å². The van der Waals surface area contributed by atoms with E-state index in [1.165, 1.54) is 50.1 Å². The molecule has 1 spiro atoms. The molecule has 0 N–H and O–H groups in total. The number of hydrogen-bond acceptors (Lipinski definition) is 4. The Morgan fingerprint density at radius 1 is 0.291 bits per heavy atom. The zero-order chi connectivity index (χ0) is 36.3. The SMILES string of the molecule is c1cncc(-c2cc(-c3cccc(-c4cccc(-c5ccc6c(c5)C5(c7ccccc7-c7ccccc75)c5ccccc5-6)c4)n3)cc(-c3cccnc3)n2)c1. The lowest BCUT2D eigenvalue weighted by atomic mass is 9.70. The van der Waals surface area contributed by atoms with Gasteiger partial charge in [0.25, 0.3) is 0 Å². The van der Waals surface area contributed by atoms with Gasteiger partial charge in [0, 0.05) is 47.0 Å². The third kappa shape index (κ3) is 4.85. The van der Waals surface area contributed by atoms with Crippen LogP contribution in [0.4, 0.5) is 0 Å². The molecule has 9 aromatic rings. The maximum atomic E-state index is 5.25. The Balaban J connectivity index is 1.02. The molecule has 11 rings (SSSR count). The molecule has 2 aliphatic carbocycles. The van der Waals surface area contributed by atoms with Gasteiger partial charge in [0.05, 0.1) is 28.2 Å². The van der Waals surface area contributed by atoms with Gasteiger partial charge < -0.3 is 0 Å². The van der Waals surface area contributed by atoms with Crippen LogP contribution in [0.2, 0.25) is 0 Å². The predicted molar refractivity (Wildman–Crippen MR) is 221 cm³/mol. The molecule has 0 atom stereocenters. The summed E-state index contributed by atoms with van der Waals surface area (Å²) in [6.07, 6.45) is 7.25. The van der Waals surface area contributed by atoms with Crippen molar-refractivity contribution < 1.29 is 0 Å². The lowest BCUT2D eigenvalue weighted by Crippen LogP contribution is -2.25. The van der Waals surface area contributed by atoms with Crippen LogP contribution >= 0.6 is 0 Å². The van der Waals surface area contributed by atoms with Gasteiger partial charge in [-0.05, 0) is 116 Å².